The molecule has 0 amide bonds. The van der Waals surface area contributed by atoms with Gasteiger partial charge in [-0.2, -0.15) is 0 Å². The first-order valence-electron chi connectivity index (χ1n) is 9.75. The molecule has 1 aromatic carbocycles. The van der Waals surface area contributed by atoms with Crippen LogP contribution in [0.2, 0.25) is 0 Å². The second kappa shape index (κ2) is 11.0. The van der Waals surface area contributed by atoms with Gasteiger partial charge in [0.2, 0.25) is 0 Å². The number of hydrogen-bond acceptors (Lipinski definition) is 5. The van der Waals surface area contributed by atoms with Crippen LogP contribution < -0.4 is 0 Å². The van der Waals surface area contributed by atoms with Gasteiger partial charge in [0, 0.05) is 5.56 Å². The van der Waals surface area contributed by atoms with Crippen LogP contribution >= 0.6 is 0 Å². The number of benzene rings is 1. The lowest BCUT2D eigenvalue weighted by Gasteiger charge is -2.16. The van der Waals surface area contributed by atoms with Gasteiger partial charge in [0.1, 0.15) is 11.5 Å². The highest BCUT2D eigenvalue weighted by atomic mass is 16.3. The summed E-state index contributed by atoms with van der Waals surface area (Å²) in [5, 5.41) is 39.3. The molecule has 1 rings (SSSR count). The number of rotatable bonds is 11. The monoisotopic (exact) mass is 390 g/mol. The molecule has 0 heterocycles. The van der Waals surface area contributed by atoms with Gasteiger partial charge in [-0.3, -0.25) is 4.79 Å². The quantitative estimate of drug-likeness (QED) is 0.328. The molecular weight excluding hydrogens is 356 g/mol. The van der Waals surface area contributed by atoms with Crippen LogP contribution in [0.4, 0.5) is 0 Å². The van der Waals surface area contributed by atoms with E-state index in [-0.39, 0.29) is 28.2 Å². The summed E-state index contributed by atoms with van der Waals surface area (Å²) in [4.78, 5) is 11.2. The number of aldehydes is 1. The van der Waals surface area contributed by atoms with Gasteiger partial charge < -0.3 is 20.4 Å². The number of phenols is 2. The van der Waals surface area contributed by atoms with Gasteiger partial charge in [-0.15, -0.1) is 0 Å². The van der Waals surface area contributed by atoms with Crippen molar-refractivity contribution in [3.05, 3.63) is 46.1 Å². The number of phenolic OH excluding ortho intramolecular Hbond substituents is 2. The number of carbonyl (C=O) groups excluding carboxylic acids is 1. The third-order valence-electron chi connectivity index (χ3n) is 4.84. The Hall–Kier alpha value is -2.11. The van der Waals surface area contributed by atoms with Gasteiger partial charge in [-0.1, -0.05) is 23.3 Å². The molecule has 0 atom stereocenters. The van der Waals surface area contributed by atoms with Crippen LogP contribution in [-0.4, -0.2) is 32.3 Å². The maximum Gasteiger partial charge on any atom is 0.154 e. The Morgan fingerprint density at radius 1 is 1.11 bits per heavy atom. The third-order valence-corrected chi connectivity index (χ3v) is 4.84. The van der Waals surface area contributed by atoms with E-state index >= 15 is 0 Å². The van der Waals surface area contributed by atoms with E-state index in [2.05, 4.69) is 13.0 Å². The van der Waals surface area contributed by atoms with Crippen molar-refractivity contribution in [2.75, 3.05) is 0 Å². The molecule has 0 aliphatic carbocycles. The minimum atomic E-state index is -0.615. The van der Waals surface area contributed by atoms with Crippen LogP contribution in [-0.2, 0) is 13.0 Å². The Morgan fingerprint density at radius 2 is 1.75 bits per heavy atom. The van der Waals surface area contributed by atoms with Gasteiger partial charge in [0.25, 0.3) is 0 Å². The summed E-state index contributed by atoms with van der Waals surface area (Å²) in [6.07, 6.45) is 9.41. The van der Waals surface area contributed by atoms with Crippen molar-refractivity contribution >= 4 is 6.29 Å². The van der Waals surface area contributed by atoms with E-state index in [9.17, 15) is 25.2 Å². The standard InChI is InChI=1S/C23H34O5/c1-16(9-6-12-23(3,4)28)7-5-8-17(2)10-11-19-21(26)13-18(14-24)20(15-25)22(19)27/h7,10,13,15,24,26-28H,5-6,8-9,11-12,14H2,1-4H3/b16-7+,17-10+. The van der Waals surface area contributed by atoms with Gasteiger partial charge in [-0.25, -0.2) is 0 Å². The topological polar surface area (TPSA) is 98.0 Å². The summed E-state index contributed by atoms with van der Waals surface area (Å²) in [7, 11) is 0. The molecule has 0 unspecified atom stereocenters. The predicted octanol–water partition coefficient (Wildman–Crippen LogP) is 4.56. The molecular formula is C23H34O5. The third kappa shape index (κ3) is 7.87. The molecule has 5 heteroatoms. The van der Waals surface area contributed by atoms with Crippen LogP contribution in [0.5, 0.6) is 11.5 Å². The fraction of sp³-hybridized carbons (Fsp3) is 0.522. The zero-order chi connectivity index (χ0) is 21.3. The Morgan fingerprint density at radius 3 is 2.32 bits per heavy atom. The Kier molecular flexibility index (Phi) is 9.42. The SMILES string of the molecule is C/C(=C\Cc1c(O)cc(CO)c(C=O)c1O)CC/C=C(\C)CCCC(C)(C)O. The first-order valence-corrected chi connectivity index (χ1v) is 9.75. The molecule has 28 heavy (non-hydrogen) atoms. The highest BCUT2D eigenvalue weighted by molar-refractivity contribution is 5.83. The van der Waals surface area contributed by atoms with Gasteiger partial charge in [0.05, 0.1) is 17.8 Å². The largest absolute Gasteiger partial charge is 0.508 e. The number of aliphatic hydroxyl groups excluding tert-OH is 1. The molecule has 5 nitrogen and oxygen atoms in total. The molecule has 0 aliphatic heterocycles. The van der Waals surface area contributed by atoms with Crippen molar-refractivity contribution in [2.24, 2.45) is 0 Å². The first-order chi connectivity index (χ1) is 13.1. The Balaban J connectivity index is 2.64. The van der Waals surface area contributed by atoms with Gasteiger partial charge in [0.15, 0.2) is 6.29 Å². The lowest BCUT2D eigenvalue weighted by atomic mass is 9.98. The van der Waals surface area contributed by atoms with Crippen LogP contribution in [0.15, 0.2) is 29.4 Å². The maximum atomic E-state index is 11.2. The number of aromatic hydroxyl groups is 2. The lowest BCUT2D eigenvalue weighted by Crippen LogP contribution is -2.17. The molecule has 0 saturated heterocycles. The molecule has 0 radical (unpaired) electrons. The van der Waals surface area contributed by atoms with Crippen molar-refractivity contribution in [3.8, 4) is 11.5 Å². The number of aliphatic hydroxyl groups is 2. The van der Waals surface area contributed by atoms with Crippen molar-refractivity contribution in [2.45, 2.75) is 78.4 Å². The second-order valence-electron chi connectivity index (χ2n) is 8.08. The Bertz CT molecular complexity index is 723. The zero-order valence-corrected chi connectivity index (χ0v) is 17.5. The van der Waals surface area contributed by atoms with Gasteiger partial charge >= 0.3 is 0 Å². The molecule has 1 aromatic rings. The van der Waals surface area contributed by atoms with E-state index in [4.69, 9.17) is 0 Å². The predicted molar refractivity (Wildman–Crippen MR) is 112 cm³/mol. The summed E-state index contributed by atoms with van der Waals surface area (Å²) >= 11 is 0. The van der Waals surface area contributed by atoms with E-state index in [1.54, 1.807) is 0 Å². The molecule has 156 valence electrons. The van der Waals surface area contributed by atoms with E-state index in [1.165, 1.54) is 11.6 Å². The fourth-order valence-corrected chi connectivity index (χ4v) is 3.06. The highest BCUT2D eigenvalue weighted by Gasteiger charge is 2.16. The number of allylic oxidation sites excluding steroid dienone is 4. The molecule has 0 bridgehead atoms. The smallest absolute Gasteiger partial charge is 0.154 e. The molecule has 0 saturated carbocycles. The maximum absolute atomic E-state index is 11.2. The summed E-state index contributed by atoms with van der Waals surface area (Å²) in [6.45, 7) is 7.32. The normalized spacial score (nSPS) is 13.1. The first kappa shape index (κ1) is 23.9. The van der Waals surface area contributed by atoms with E-state index in [0.29, 0.717) is 12.7 Å². The minimum Gasteiger partial charge on any atom is -0.508 e. The molecule has 4 N–H and O–H groups in total. The van der Waals surface area contributed by atoms with E-state index < -0.39 is 12.2 Å². The van der Waals surface area contributed by atoms with Crippen molar-refractivity contribution in [1.82, 2.24) is 0 Å². The van der Waals surface area contributed by atoms with Crippen molar-refractivity contribution in [3.63, 3.8) is 0 Å². The molecule has 0 spiro atoms. The van der Waals surface area contributed by atoms with E-state index in [0.717, 1.165) is 37.7 Å². The molecule has 0 aliphatic rings. The number of carbonyl (C=O) groups is 1. The summed E-state index contributed by atoms with van der Waals surface area (Å²) in [5.74, 6) is -0.399. The zero-order valence-electron chi connectivity index (χ0n) is 17.5. The summed E-state index contributed by atoms with van der Waals surface area (Å²) < 4.78 is 0. The fourth-order valence-electron chi connectivity index (χ4n) is 3.06. The van der Waals surface area contributed by atoms with Crippen LogP contribution in [0.3, 0.4) is 0 Å². The average molecular weight is 391 g/mol. The second-order valence-corrected chi connectivity index (χ2v) is 8.08. The van der Waals surface area contributed by atoms with E-state index in [1.807, 2.05) is 26.8 Å². The van der Waals surface area contributed by atoms with Crippen molar-refractivity contribution in [1.29, 1.82) is 0 Å². The lowest BCUT2D eigenvalue weighted by molar-refractivity contribution is 0.0689. The molecule has 0 aromatic heterocycles. The Labute approximate surface area is 168 Å². The summed E-state index contributed by atoms with van der Waals surface area (Å²) in [6, 6.07) is 1.32. The van der Waals surface area contributed by atoms with Crippen LogP contribution in [0.25, 0.3) is 0 Å². The highest BCUT2D eigenvalue weighted by Crippen LogP contribution is 2.33. The molecule has 0 fully saturated rings. The van der Waals surface area contributed by atoms with Crippen LogP contribution in [0.1, 0.15) is 81.3 Å². The average Bonchev–Trinajstić information content (AvgIpc) is 2.59. The number of hydrogen-bond donors (Lipinski definition) is 4. The van der Waals surface area contributed by atoms with Gasteiger partial charge in [-0.05, 0) is 77.8 Å². The minimum absolute atomic E-state index is 0.0194. The van der Waals surface area contributed by atoms with Crippen LogP contribution in [0, 0.1) is 0 Å². The van der Waals surface area contributed by atoms with Crippen molar-refractivity contribution < 1.29 is 25.2 Å². The summed E-state index contributed by atoms with van der Waals surface area (Å²) in [5.41, 5.74) is 2.33.